The van der Waals surface area contributed by atoms with Crippen LogP contribution in [0, 0.1) is 0 Å². The van der Waals surface area contributed by atoms with Gasteiger partial charge >= 0.3 is 0 Å². The fraction of sp³-hybridized carbons (Fsp3) is 0.562. The summed E-state index contributed by atoms with van der Waals surface area (Å²) in [5, 5.41) is 0. The van der Waals surface area contributed by atoms with Crippen molar-refractivity contribution in [3.63, 3.8) is 0 Å². The normalized spacial score (nSPS) is 17.6. The summed E-state index contributed by atoms with van der Waals surface area (Å²) >= 11 is 0. The average molecular weight is 260 g/mol. The van der Waals surface area contributed by atoms with Crippen molar-refractivity contribution in [1.82, 2.24) is 4.90 Å². The summed E-state index contributed by atoms with van der Waals surface area (Å²) in [5.74, 6) is 1.18. The van der Waals surface area contributed by atoms with Gasteiger partial charge in [0.2, 0.25) is 0 Å². The molecule has 0 unspecified atom stereocenters. The van der Waals surface area contributed by atoms with E-state index in [1.165, 1.54) is 11.4 Å². The molecule has 0 N–H and O–H groups in total. The lowest BCUT2D eigenvalue weighted by atomic mass is 10.1. The molecule has 2 rings (SSSR count). The van der Waals surface area contributed by atoms with Crippen LogP contribution in [0.25, 0.3) is 0 Å². The summed E-state index contributed by atoms with van der Waals surface area (Å²) in [6.07, 6.45) is 0.901. The van der Waals surface area contributed by atoms with E-state index in [4.69, 9.17) is 9.73 Å². The van der Waals surface area contributed by atoms with Crippen LogP contribution in [-0.2, 0) is 11.2 Å². The van der Waals surface area contributed by atoms with E-state index in [1.54, 1.807) is 0 Å². The third kappa shape index (κ3) is 4.67. The monoisotopic (exact) mass is 260 g/mol. The Hall–Kier alpha value is -1.35. The second kappa shape index (κ2) is 6.20. The zero-order chi connectivity index (χ0) is 13.7. The Morgan fingerprint density at radius 3 is 2.37 bits per heavy atom. The van der Waals surface area contributed by atoms with E-state index < -0.39 is 0 Å². The molecule has 1 aromatic rings. The van der Waals surface area contributed by atoms with E-state index in [9.17, 15) is 0 Å². The minimum Gasteiger partial charge on any atom is -0.378 e. The number of ether oxygens (including phenoxy) is 1. The number of amidine groups is 1. The van der Waals surface area contributed by atoms with Gasteiger partial charge in [0.05, 0.1) is 18.8 Å². The second-order valence-corrected chi connectivity index (χ2v) is 5.96. The van der Waals surface area contributed by atoms with Crippen LogP contribution in [0.2, 0.25) is 0 Å². The number of morpholine rings is 1. The van der Waals surface area contributed by atoms with Gasteiger partial charge in [0, 0.05) is 19.5 Å². The SMILES string of the molecule is CC(C)(C)N=C(Cc1ccccc1)N1CCOCC1. The molecule has 1 fully saturated rings. The molecular weight excluding hydrogens is 236 g/mol. The topological polar surface area (TPSA) is 24.8 Å². The predicted molar refractivity (Wildman–Crippen MR) is 79.7 cm³/mol. The number of hydrogen-bond acceptors (Lipinski definition) is 2. The van der Waals surface area contributed by atoms with Crippen molar-refractivity contribution >= 4 is 5.84 Å². The van der Waals surface area contributed by atoms with Crippen molar-refractivity contribution in [2.45, 2.75) is 32.7 Å². The molecule has 0 radical (unpaired) electrons. The summed E-state index contributed by atoms with van der Waals surface area (Å²) in [5.41, 5.74) is 1.28. The van der Waals surface area contributed by atoms with Crippen molar-refractivity contribution in [3.05, 3.63) is 35.9 Å². The van der Waals surface area contributed by atoms with Gasteiger partial charge in [0.25, 0.3) is 0 Å². The first kappa shape index (κ1) is 14.1. The van der Waals surface area contributed by atoms with E-state index in [2.05, 4.69) is 56.0 Å². The minimum atomic E-state index is -0.0393. The number of benzene rings is 1. The molecule has 1 aromatic carbocycles. The van der Waals surface area contributed by atoms with Crippen molar-refractivity contribution in [2.75, 3.05) is 26.3 Å². The van der Waals surface area contributed by atoms with Gasteiger partial charge in [-0.05, 0) is 26.3 Å². The van der Waals surface area contributed by atoms with Crippen molar-refractivity contribution in [1.29, 1.82) is 0 Å². The molecule has 0 saturated carbocycles. The fourth-order valence-corrected chi connectivity index (χ4v) is 2.21. The molecule has 3 nitrogen and oxygen atoms in total. The lowest BCUT2D eigenvalue weighted by Gasteiger charge is -2.32. The summed E-state index contributed by atoms with van der Waals surface area (Å²) in [6, 6.07) is 10.6. The Bertz CT molecular complexity index is 414. The third-order valence-corrected chi connectivity index (χ3v) is 3.05. The average Bonchev–Trinajstić information content (AvgIpc) is 2.39. The van der Waals surface area contributed by atoms with Gasteiger partial charge in [-0.25, -0.2) is 0 Å². The van der Waals surface area contributed by atoms with Crippen LogP contribution in [0.15, 0.2) is 35.3 Å². The molecule has 1 saturated heterocycles. The van der Waals surface area contributed by atoms with Gasteiger partial charge in [-0.2, -0.15) is 0 Å². The van der Waals surface area contributed by atoms with Gasteiger partial charge in [-0.3, -0.25) is 4.99 Å². The Labute approximate surface area is 116 Å². The zero-order valence-corrected chi connectivity index (χ0v) is 12.2. The highest BCUT2D eigenvalue weighted by molar-refractivity contribution is 5.85. The molecule has 1 heterocycles. The summed E-state index contributed by atoms with van der Waals surface area (Å²) in [4.78, 5) is 7.28. The predicted octanol–water partition coefficient (Wildman–Crippen LogP) is 2.76. The van der Waals surface area contributed by atoms with Crippen LogP contribution in [-0.4, -0.2) is 42.6 Å². The molecule has 19 heavy (non-hydrogen) atoms. The molecule has 0 bridgehead atoms. The van der Waals surface area contributed by atoms with Crippen LogP contribution in [0.4, 0.5) is 0 Å². The van der Waals surface area contributed by atoms with Crippen LogP contribution < -0.4 is 0 Å². The maximum Gasteiger partial charge on any atom is 0.104 e. The molecule has 0 aromatic heterocycles. The Morgan fingerprint density at radius 2 is 1.79 bits per heavy atom. The van der Waals surface area contributed by atoms with E-state index in [0.29, 0.717) is 0 Å². The lowest BCUT2D eigenvalue weighted by Crippen LogP contribution is -2.42. The highest BCUT2D eigenvalue weighted by Gasteiger charge is 2.18. The number of nitrogens with zero attached hydrogens (tertiary/aromatic N) is 2. The summed E-state index contributed by atoms with van der Waals surface area (Å²) in [6.45, 7) is 9.95. The molecule has 1 aliphatic rings. The highest BCUT2D eigenvalue weighted by atomic mass is 16.5. The lowest BCUT2D eigenvalue weighted by molar-refractivity contribution is 0.0670. The van der Waals surface area contributed by atoms with E-state index in [0.717, 1.165) is 32.7 Å². The Morgan fingerprint density at radius 1 is 1.16 bits per heavy atom. The quantitative estimate of drug-likeness (QED) is 0.603. The van der Waals surface area contributed by atoms with Crippen molar-refractivity contribution in [3.8, 4) is 0 Å². The third-order valence-electron chi connectivity index (χ3n) is 3.05. The van der Waals surface area contributed by atoms with Gasteiger partial charge in [0.1, 0.15) is 5.84 Å². The van der Waals surface area contributed by atoms with E-state index in [-0.39, 0.29) is 5.54 Å². The Balaban J connectivity index is 2.17. The number of rotatable bonds is 2. The first-order valence-electron chi connectivity index (χ1n) is 7.00. The molecule has 0 aliphatic carbocycles. The molecule has 3 heteroatoms. The maximum absolute atomic E-state index is 5.43. The molecule has 0 amide bonds. The molecule has 0 spiro atoms. The van der Waals surface area contributed by atoms with Gasteiger partial charge in [0.15, 0.2) is 0 Å². The van der Waals surface area contributed by atoms with E-state index >= 15 is 0 Å². The molecular formula is C16H24N2O. The standard InChI is InChI=1S/C16H24N2O/c1-16(2,3)17-15(18-9-11-19-12-10-18)13-14-7-5-4-6-8-14/h4-8H,9-13H2,1-3H3. The largest absolute Gasteiger partial charge is 0.378 e. The van der Waals surface area contributed by atoms with Crippen molar-refractivity contribution in [2.24, 2.45) is 4.99 Å². The summed E-state index contributed by atoms with van der Waals surface area (Å²) < 4.78 is 5.43. The number of aliphatic imine (C=N–C) groups is 1. The molecule has 1 aliphatic heterocycles. The fourth-order valence-electron chi connectivity index (χ4n) is 2.21. The van der Waals surface area contributed by atoms with Crippen LogP contribution in [0.3, 0.4) is 0 Å². The maximum atomic E-state index is 5.43. The van der Waals surface area contributed by atoms with Gasteiger partial charge < -0.3 is 9.64 Å². The summed E-state index contributed by atoms with van der Waals surface area (Å²) in [7, 11) is 0. The van der Waals surface area contributed by atoms with Gasteiger partial charge in [-0.15, -0.1) is 0 Å². The first-order chi connectivity index (χ1) is 9.04. The highest BCUT2D eigenvalue weighted by Crippen LogP contribution is 2.13. The van der Waals surface area contributed by atoms with Gasteiger partial charge in [-0.1, -0.05) is 30.3 Å². The smallest absolute Gasteiger partial charge is 0.104 e. The van der Waals surface area contributed by atoms with Crippen LogP contribution in [0.1, 0.15) is 26.3 Å². The second-order valence-electron chi connectivity index (χ2n) is 5.96. The molecule has 0 atom stereocenters. The van der Waals surface area contributed by atoms with E-state index in [1.807, 2.05) is 0 Å². The van der Waals surface area contributed by atoms with Crippen LogP contribution in [0.5, 0.6) is 0 Å². The number of hydrogen-bond donors (Lipinski definition) is 0. The van der Waals surface area contributed by atoms with Crippen molar-refractivity contribution < 1.29 is 4.74 Å². The van der Waals surface area contributed by atoms with Crippen LogP contribution >= 0.6 is 0 Å². The first-order valence-corrected chi connectivity index (χ1v) is 7.00. The molecule has 104 valence electrons. The minimum absolute atomic E-state index is 0.0393. The Kier molecular flexibility index (Phi) is 4.59. The zero-order valence-electron chi connectivity index (χ0n) is 12.2.